The molecule has 0 fully saturated rings. The highest BCUT2D eigenvalue weighted by atomic mass is 79.9. The van der Waals surface area contributed by atoms with Crippen molar-refractivity contribution in [2.75, 3.05) is 6.54 Å². The second kappa shape index (κ2) is 5.51. The van der Waals surface area contributed by atoms with Crippen molar-refractivity contribution in [1.82, 2.24) is 15.1 Å². The number of aryl methyl sites for hydroxylation is 1. The van der Waals surface area contributed by atoms with Gasteiger partial charge in [-0.15, -0.1) is 0 Å². The Hall–Kier alpha value is -1.07. The predicted octanol–water partition coefficient (Wildman–Crippen LogP) is 2.70. The molecule has 0 aliphatic heterocycles. The van der Waals surface area contributed by atoms with Crippen molar-refractivity contribution >= 4 is 15.9 Å². The monoisotopic (exact) mass is 297 g/mol. The normalized spacial score (nSPS) is 11.0. The molecular formula is C12H16BrN3O. The molecule has 0 amide bonds. The molecule has 17 heavy (non-hydrogen) atoms. The van der Waals surface area contributed by atoms with Crippen molar-refractivity contribution in [3.8, 4) is 0 Å². The first-order chi connectivity index (χ1) is 8.19. The highest BCUT2D eigenvalue weighted by molar-refractivity contribution is 9.10. The van der Waals surface area contributed by atoms with Crippen molar-refractivity contribution in [2.45, 2.75) is 26.9 Å². The molecule has 0 aromatic carbocycles. The van der Waals surface area contributed by atoms with Crippen LogP contribution in [0.1, 0.15) is 24.0 Å². The van der Waals surface area contributed by atoms with Gasteiger partial charge in [0.1, 0.15) is 11.5 Å². The Morgan fingerprint density at radius 2 is 2.35 bits per heavy atom. The van der Waals surface area contributed by atoms with Gasteiger partial charge in [0.05, 0.1) is 17.2 Å². The summed E-state index contributed by atoms with van der Waals surface area (Å²) >= 11 is 3.38. The predicted molar refractivity (Wildman–Crippen MR) is 69.9 cm³/mol. The molecule has 5 heteroatoms. The van der Waals surface area contributed by atoms with Gasteiger partial charge in [-0.3, -0.25) is 4.68 Å². The molecule has 0 radical (unpaired) electrons. The zero-order valence-corrected chi connectivity index (χ0v) is 11.6. The van der Waals surface area contributed by atoms with Crippen LogP contribution < -0.4 is 5.32 Å². The Morgan fingerprint density at radius 1 is 1.53 bits per heavy atom. The van der Waals surface area contributed by atoms with E-state index < -0.39 is 0 Å². The van der Waals surface area contributed by atoms with Crippen LogP contribution in [-0.2, 0) is 13.1 Å². The lowest BCUT2D eigenvalue weighted by molar-refractivity contribution is 0.456. The molecule has 2 rings (SSSR count). The van der Waals surface area contributed by atoms with Gasteiger partial charge >= 0.3 is 0 Å². The number of aromatic nitrogens is 2. The summed E-state index contributed by atoms with van der Waals surface area (Å²) in [6.07, 6.45) is 3.71. The molecule has 92 valence electrons. The minimum Gasteiger partial charge on any atom is -0.464 e. The summed E-state index contributed by atoms with van der Waals surface area (Å²) in [4.78, 5) is 0. The van der Waals surface area contributed by atoms with Gasteiger partial charge in [-0.1, -0.05) is 6.92 Å². The minimum atomic E-state index is 0.665. The first-order valence-electron chi connectivity index (χ1n) is 5.66. The van der Waals surface area contributed by atoms with Gasteiger partial charge in [0.15, 0.2) is 0 Å². The average Bonchev–Trinajstić information content (AvgIpc) is 2.83. The van der Waals surface area contributed by atoms with Gasteiger partial charge in [0.2, 0.25) is 0 Å². The topological polar surface area (TPSA) is 43.0 Å². The van der Waals surface area contributed by atoms with Crippen molar-refractivity contribution in [1.29, 1.82) is 0 Å². The molecule has 1 N–H and O–H groups in total. The second-order valence-corrected chi connectivity index (χ2v) is 4.85. The fraction of sp³-hybridized carbons (Fsp3) is 0.417. The number of halogens is 1. The largest absolute Gasteiger partial charge is 0.464 e. The van der Waals surface area contributed by atoms with Crippen LogP contribution in [0.3, 0.4) is 0 Å². The van der Waals surface area contributed by atoms with Gasteiger partial charge in [0, 0.05) is 18.3 Å². The van der Waals surface area contributed by atoms with Crippen molar-refractivity contribution in [3.63, 3.8) is 0 Å². The van der Waals surface area contributed by atoms with Gasteiger partial charge in [-0.25, -0.2) is 0 Å². The maximum atomic E-state index is 5.71. The number of hydrogen-bond acceptors (Lipinski definition) is 3. The molecule has 0 spiro atoms. The Labute approximate surface area is 109 Å². The molecular weight excluding hydrogens is 282 g/mol. The summed E-state index contributed by atoms with van der Waals surface area (Å²) in [5.41, 5.74) is 1.22. The number of nitrogens with zero attached hydrogens (tertiary/aromatic N) is 2. The number of nitrogens with one attached hydrogen (secondary N) is 1. The molecule has 0 unspecified atom stereocenters. The van der Waals surface area contributed by atoms with Crippen LogP contribution in [0.25, 0.3) is 0 Å². The van der Waals surface area contributed by atoms with Crippen LogP contribution in [0.15, 0.2) is 27.3 Å². The van der Waals surface area contributed by atoms with Crippen molar-refractivity contribution < 1.29 is 4.42 Å². The van der Waals surface area contributed by atoms with E-state index in [9.17, 15) is 0 Å². The fourth-order valence-corrected chi connectivity index (χ4v) is 2.01. The number of furan rings is 1. The molecule has 2 heterocycles. The molecule has 4 nitrogen and oxygen atoms in total. The highest BCUT2D eigenvalue weighted by Gasteiger charge is 2.07. The summed E-state index contributed by atoms with van der Waals surface area (Å²) in [6, 6.07) is 2.09. The molecule has 2 aromatic heterocycles. The first-order valence-corrected chi connectivity index (χ1v) is 6.45. The third-order valence-corrected chi connectivity index (χ3v) is 2.97. The summed E-state index contributed by atoms with van der Waals surface area (Å²) in [7, 11) is 0. The maximum Gasteiger partial charge on any atom is 0.125 e. The van der Waals surface area contributed by atoms with Crippen molar-refractivity contribution in [2.24, 2.45) is 0 Å². The number of hydrogen-bond donors (Lipinski definition) is 1. The summed E-state index contributed by atoms with van der Waals surface area (Å²) in [5.74, 6) is 1.91. The Morgan fingerprint density at radius 3 is 3.00 bits per heavy atom. The van der Waals surface area contributed by atoms with Crippen LogP contribution in [0.4, 0.5) is 0 Å². The van der Waals surface area contributed by atoms with E-state index in [1.807, 2.05) is 17.8 Å². The molecule has 0 saturated carbocycles. The Bertz CT molecular complexity index is 490. The van der Waals surface area contributed by atoms with E-state index in [1.54, 1.807) is 6.20 Å². The summed E-state index contributed by atoms with van der Waals surface area (Å²) < 4.78 is 8.54. The lowest BCUT2D eigenvalue weighted by atomic mass is 10.2. The first kappa shape index (κ1) is 12.4. The third-order valence-electron chi connectivity index (χ3n) is 2.56. The summed E-state index contributed by atoms with van der Waals surface area (Å²) in [5, 5.41) is 7.50. The molecule has 0 atom stereocenters. The SMILES string of the molecule is CCNCc1cc(Cn2cc(Br)cn2)oc1C. The van der Waals surface area contributed by atoms with Crippen LogP contribution in [0.2, 0.25) is 0 Å². The maximum absolute atomic E-state index is 5.71. The van der Waals surface area contributed by atoms with Crippen LogP contribution in [0, 0.1) is 6.92 Å². The number of rotatable bonds is 5. The molecule has 0 aliphatic rings. The van der Waals surface area contributed by atoms with E-state index in [-0.39, 0.29) is 0 Å². The fourth-order valence-electron chi connectivity index (χ4n) is 1.69. The van der Waals surface area contributed by atoms with Gasteiger partial charge < -0.3 is 9.73 Å². The average molecular weight is 298 g/mol. The Kier molecular flexibility index (Phi) is 4.02. The zero-order chi connectivity index (χ0) is 12.3. The molecule has 0 aliphatic carbocycles. The third kappa shape index (κ3) is 3.20. The van der Waals surface area contributed by atoms with Gasteiger partial charge in [0.25, 0.3) is 0 Å². The Balaban J connectivity index is 2.06. The van der Waals surface area contributed by atoms with E-state index in [1.165, 1.54) is 5.56 Å². The lowest BCUT2D eigenvalue weighted by Crippen LogP contribution is -2.11. The smallest absolute Gasteiger partial charge is 0.125 e. The minimum absolute atomic E-state index is 0.665. The molecule has 0 bridgehead atoms. The molecule has 0 saturated heterocycles. The van der Waals surface area contributed by atoms with Gasteiger partial charge in [-0.05, 0) is 35.5 Å². The summed E-state index contributed by atoms with van der Waals surface area (Å²) in [6.45, 7) is 6.58. The second-order valence-electron chi connectivity index (χ2n) is 3.93. The van der Waals surface area contributed by atoms with Gasteiger partial charge in [-0.2, -0.15) is 5.10 Å². The zero-order valence-electron chi connectivity index (χ0n) is 10.0. The molecule has 2 aromatic rings. The standard InChI is InChI=1S/C12H16BrN3O/c1-3-14-5-10-4-12(17-9(10)2)8-16-7-11(13)6-15-16/h4,6-7,14H,3,5,8H2,1-2H3. The van der Waals surface area contributed by atoms with Crippen molar-refractivity contribution in [3.05, 3.63) is 40.0 Å². The van der Waals surface area contributed by atoms with E-state index in [0.717, 1.165) is 29.1 Å². The lowest BCUT2D eigenvalue weighted by Gasteiger charge is -1.97. The quantitative estimate of drug-likeness (QED) is 0.923. The highest BCUT2D eigenvalue weighted by Crippen LogP contribution is 2.16. The van der Waals surface area contributed by atoms with E-state index >= 15 is 0 Å². The van der Waals surface area contributed by atoms with Crippen LogP contribution >= 0.6 is 15.9 Å². The van der Waals surface area contributed by atoms with E-state index in [2.05, 4.69) is 39.3 Å². The van der Waals surface area contributed by atoms with E-state index in [4.69, 9.17) is 4.42 Å². The van der Waals surface area contributed by atoms with Crippen LogP contribution in [-0.4, -0.2) is 16.3 Å². The van der Waals surface area contributed by atoms with E-state index in [0.29, 0.717) is 6.54 Å². The van der Waals surface area contributed by atoms with Crippen LogP contribution in [0.5, 0.6) is 0 Å².